The summed E-state index contributed by atoms with van der Waals surface area (Å²) in [6.45, 7) is 2.11. The quantitative estimate of drug-likeness (QED) is 0.596. The Hall–Kier alpha value is 0.288. The summed E-state index contributed by atoms with van der Waals surface area (Å²) in [5, 5.41) is 8.21. The van der Waals surface area contributed by atoms with Crippen molar-refractivity contribution in [2.45, 2.75) is 39.0 Å². The van der Waals surface area contributed by atoms with E-state index < -0.39 is 5.97 Å². The number of carboxylic acids is 1. The fourth-order valence-corrected chi connectivity index (χ4v) is 0.703. The molecule has 0 bridgehead atoms. The van der Waals surface area contributed by atoms with Crippen molar-refractivity contribution in [1.29, 1.82) is 0 Å². The maximum Gasteiger partial charge on any atom is 0.303 e. The van der Waals surface area contributed by atoms with Crippen LogP contribution in [0.15, 0.2) is 0 Å². The van der Waals surface area contributed by atoms with E-state index in [1.807, 2.05) is 0 Å². The van der Waals surface area contributed by atoms with Crippen LogP contribution in [0.1, 0.15) is 39.0 Å². The first-order valence-electron chi connectivity index (χ1n) is 3.49. The molecule has 0 aliphatic carbocycles. The van der Waals surface area contributed by atoms with Gasteiger partial charge in [-0.2, -0.15) is 0 Å². The molecule has 3 radical (unpaired) electrons. The van der Waals surface area contributed by atoms with E-state index in [2.05, 4.69) is 6.92 Å². The minimum absolute atomic E-state index is 0. The van der Waals surface area contributed by atoms with E-state index in [0.29, 0.717) is 6.42 Å². The third-order valence-corrected chi connectivity index (χ3v) is 1.24. The van der Waals surface area contributed by atoms with Gasteiger partial charge in [-0.1, -0.05) is 26.2 Å². The molecule has 2 nitrogen and oxygen atoms in total. The van der Waals surface area contributed by atoms with Crippen LogP contribution < -0.4 is 0 Å². The zero-order chi connectivity index (χ0) is 7.11. The maximum absolute atomic E-state index is 9.96. The monoisotopic (exact) mass is 251 g/mol. The molecule has 1 N–H and O–H groups in total. The fourth-order valence-electron chi connectivity index (χ4n) is 0.703. The van der Waals surface area contributed by atoms with E-state index in [9.17, 15) is 4.79 Å². The average Bonchev–Trinajstić information content (AvgIpc) is 1.80. The van der Waals surface area contributed by atoms with Gasteiger partial charge in [-0.25, -0.2) is 0 Å². The number of hydrogen-bond acceptors (Lipinski definition) is 1. The number of unbranched alkanes of at least 4 members (excludes halogenated alkanes) is 3. The van der Waals surface area contributed by atoms with Crippen molar-refractivity contribution in [2.24, 2.45) is 0 Å². The summed E-state index contributed by atoms with van der Waals surface area (Å²) in [7, 11) is 0. The van der Waals surface area contributed by atoms with E-state index in [1.165, 1.54) is 6.42 Å². The van der Waals surface area contributed by atoms with Crippen molar-refractivity contribution in [2.75, 3.05) is 0 Å². The molecule has 0 aliphatic heterocycles. The van der Waals surface area contributed by atoms with Gasteiger partial charge in [0.1, 0.15) is 0 Å². The smallest absolute Gasteiger partial charge is 0.303 e. The minimum atomic E-state index is -0.675. The molecular formula is C7H14O2Sb. The number of carboxylic acid groups (broad SMARTS) is 1. The Labute approximate surface area is 79.5 Å². The first-order chi connectivity index (χ1) is 4.27. The Bertz CT molecular complexity index is 83.7. The second kappa shape index (κ2) is 9.29. The largest absolute Gasteiger partial charge is 0.481 e. The summed E-state index contributed by atoms with van der Waals surface area (Å²) in [6, 6.07) is 0. The number of carbonyl (C=O) groups is 1. The predicted molar refractivity (Wildman–Crippen MR) is 42.1 cm³/mol. The van der Waals surface area contributed by atoms with E-state index in [4.69, 9.17) is 5.11 Å². The van der Waals surface area contributed by atoms with Gasteiger partial charge in [-0.15, -0.1) is 0 Å². The summed E-state index contributed by atoms with van der Waals surface area (Å²) in [5.74, 6) is -0.675. The van der Waals surface area contributed by atoms with Crippen LogP contribution in [0.25, 0.3) is 0 Å². The van der Waals surface area contributed by atoms with Gasteiger partial charge >= 0.3 is 5.97 Å². The summed E-state index contributed by atoms with van der Waals surface area (Å²) in [6.07, 6.45) is 4.55. The van der Waals surface area contributed by atoms with Gasteiger partial charge in [0.25, 0.3) is 0 Å². The second-order valence-electron chi connectivity index (χ2n) is 2.20. The third-order valence-electron chi connectivity index (χ3n) is 1.24. The van der Waals surface area contributed by atoms with Crippen molar-refractivity contribution in [3.63, 3.8) is 0 Å². The van der Waals surface area contributed by atoms with Gasteiger partial charge in [0.2, 0.25) is 0 Å². The van der Waals surface area contributed by atoms with Crippen molar-refractivity contribution in [3.8, 4) is 0 Å². The third kappa shape index (κ3) is 11.1. The van der Waals surface area contributed by atoms with Crippen LogP contribution in [0.3, 0.4) is 0 Å². The molecule has 59 valence electrons. The van der Waals surface area contributed by atoms with Gasteiger partial charge in [0, 0.05) is 30.8 Å². The van der Waals surface area contributed by atoms with E-state index >= 15 is 0 Å². The van der Waals surface area contributed by atoms with Gasteiger partial charge in [0.15, 0.2) is 0 Å². The average molecular weight is 252 g/mol. The zero-order valence-electron chi connectivity index (χ0n) is 6.34. The standard InChI is InChI=1S/C7H14O2.Sb/c1-2-3-4-5-6-7(8)9;/h2-6H2,1H3,(H,8,9);. The van der Waals surface area contributed by atoms with Gasteiger partial charge in [0.05, 0.1) is 0 Å². The zero-order valence-corrected chi connectivity index (χ0v) is 8.89. The Morgan fingerprint density at radius 2 is 1.90 bits per heavy atom. The summed E-state index contributed by atoms with van der Waals surface area (Å²) >= 11 is 0. The Kier molecular flexibility index (Phi) is 12.0. The molecule has 0 atom stereocenters. The summed E-state index contributed by atoms with van der Waals surface area (Å²) in [5.41, 5.74) is 0. The molecule has 0 rings (SSSR count). The molecule has 0 saturated heterocycles. The van der Waals surface area contributed by atoms with Gasteiger partial charge in [-0.3, -0.25) is 4.79 Å². The van der Waals surface area contributed by atoms with E-state index in [1.54, 1.807) is 0 Å². The van der Waals surface area contributed by atoms with Crippen LogP contribution in [0.5, 0.6) is 0 Å². The SMILES string of the molecule is CCCCCCC(=O)O.[Sb]. The predicted octanol–water partition coefficient (Wildman–Crippen LogP) is 1.66. The van der Waals surface area contributed by atoms with Crippen LogP contribution in [0.2, 0.25) is 0 Å². The number of hydrogen-bond donors (Lipinski definition) is 1. The van der Waals surface area contributed by atoms with Crippen LogP contribution in [0, 0.1) is 0 Å². The first kappa shape index (κ1) is 12.9. The topological polar surface area (TPSA) is 37.3 Å². The molecule has 0 spiro atoms. The van der Waals surface area contributed by atoms with E-state index in [0.717, 1.165) is 19.3 Å². The van der Waals surface area contributed by atoms with Crippen LogP contribution in [0.4, 0.5) is 0 Å². The first-order valence-corrected chi connectivity index (χ1v) is 3.49. The molecule has 0 aromatic rings. The van der Waals surface area contributed by atoms with Crippen LogP contribution in [-0.4, -0.2) is 35.5 Å². The molecule has 0 saturated carbocycles. The molecule has 10 heavy (non-hydrogen) atoms. The molecule has 3 heteroatoms. The molecule has 0 fully saturated rings. The van der Waals surface area contributed by atoms with Gasteiger partial charge in [-0.05, 0) is 6.42 Å². The van der Waals surface area contributed by atoms with Crippen molar-refractivity contribution >= 4 is 30.4 Å². The molecule has 0 unspecified atom stereocenters. The second-order valence-corrected chi connectivity index (χ2v) is 2.20. The molecule has 0 amide bonds. The minimum Gasteiger partial charge on any atom is -0.481 e. The van der Waals surface area contributed by atoms with Gasteiger partial charge < -0.3 is 5.11 Å². The molecule has 0 aromatic heterocycles. The number of rotatable bonds is 5. The maximum atomic E-state index is 9.96. The molecule has 0 aromatic carbocycles. The van der Waals surface area contributed by atoms with E-state index in [-0.39, 0.29) is 24.4 Å². The van der Waals surface area contributed by atoms with Crippen molar-refractivity contribution in [1.82, 2.24) is 0 Å². The molecular weight excluding hydrogens is 238 g/mol. The van der Waals surface area contributed by atoms with Crippen molar-refractivity contribution in [3.05, 3.63) is 0 Å². The molecule has 0 heterocycles. The van der Waals surface area contributed by atoms with Crippen molar-refractivity contribution < 1.29 is 9.90 Å². The Morgan fingerprint density at radius 3 is 2.30 bits per heavy atom. The summed E-state index contributed by atoms with van der Waals surface area (Å²) < 4.78 is 0. The summed E-state index contributed by atoms with van der Waals surface area (Å²) in [4.78, 5) is 9.96. The number of aliphatic carboxylic acids is 1. The molecule has 0 aliphatic rings. The Morgan fingerprint density at radius 1 is 1.30 bits per heavy atom. The Balaban J connectivity index is 0. The van der Waals surface area contributed by atoms with Crippen LogP contribution in [-0.2, 0) is 4.79 Å². The normalized spacial score (nSPS) is 8.50. The fraction of sp³-hybridized carbons (Fsp3) is 0.857. The van der Waals surface area contributed by atoms with Crippen LogP contribution >= 0.6 is 0 Å².